The summed E-state index contributed by atoms with van der Waals surface area (Å²) in [7, 11) is 2.05. The second kappa shape index (κ2) is 9.50. The van der Waals surface area contributed by atoms with Crippen molar-refractivity contribution in [1.82, 2.24) is 25.0 Å². The number of aromatic nitrogens is 3. The highest BCUT2D eigenvalue weighted by molar-refractivity contribution is 5.79. The van der Waals surface area contributed by atoms with Crippen LogP contribution in [-0.4, -0.2) is 65.5 Å². The zero-order chi connectivity index (χ0) is 16.5. The Labute approximate surface area is 139 Å². The third-order valence-electron chi connectivity index (χ3n) is 3.93. The maximum atomic E-state index is 5.71. The lowest BCUT2D eigenvalue weighted by molar-refractivity contribution is 0.115. The van der Waals surface area contributed by atoms with Gasteiger partial charge in [0.15, 0.2) is 5.96 Å². The van der Waals surface area contributed by atoms with Crippen LogP contribution in [0, 0.1) is 5.92 Å². The van der Waals surface area contributed by atoms with Crippen molar-refractivity contribution in [2.24, 2.45) is 10.9 Å². The molecule has 1 aliphatic rings. The normalized spacial score (nSPS) is 15.0. The van der Waals surface area contributed by atoms with Crippen molar-refractivity contribution in [2.45, 2.75) is 39.7 Å². The van der Waals surface area contributed by atoms with Gasteiger partial charge in [-0.3, -0.25) is 4.99 Å². The molecule has 23 heavy (non-hydrogen) atoms. The van der Waals surface area contributed by atoms with Gasteiger partial charge in [-0.05, 0) is 25.7 Å². The third-order valence-corrected chi connectivity index (χ3v) is 3.93. The van der Waals surface area contributed by atoms with E-state index in [4.69, 9.17) is 4.74 Å². The second-order valence-corrected chi connectivity index (χ2v) is 5.97. The summed E-state index contributed by atoms with van der Waals surface area (Å²) in [6.07, 6.45) is 5.34. The predicted molar refractivity (Wildman–Crippen MR) is 91.6 cm³/mol. The lowest BCUT2D eigenvalue weighted by Gasteiger charge is -2.22. The topological polar surface area (TPSA) is 67.6 Å². The third kappa shape index (κ3) is 6.17. The van der Waals surface area contributed by atoms with Crippen LogP contribution in [0.25, 0.3) is 0 Å². The molecule has 7 heteroatoms. The molecule has 0 amide bonds. The Morgan fingerprint density at radius 1 is 1.48 bits per heavy atom. The maximum Gasteiger partial charge on any atom is 0.193 e. The fourth-order valence-corrected chi connectivity index (χ4v) is 2.31. The molecule has 1 N–H and O–H groups in total. The van der Waals surface area contributed by atoms with E-state index in [9.17, 15) is 0 Å². The Morgan fingerprint density at radius 2 is 2.30 bits per heavy atom. The average molecular weight is 322 g/mol. The molecule has 7 nitrogen and oxygen atoms in total. The van der Waals surface area contributed by atoms with Crippen LogP contribution in [0.1, 0.15) is 32.5 Å². The zero-order valence-corrected chi connectivity index (χ0v) is 14.7. The molecule has 1 aromatic heterocycles. The van der Waals surface area contributed by atoms with E-state index in [-0.39, 0.29) is 0 Å². The van der Waals surface area contributed by atoms with E-state index in [2.05, 4.69) is 50.9 Å². The highest BCUT2D eigenvalue weighted by Gasteiger charge is 2.21. The van der Waals surface area contributed by atoms with Crippen molar-refractivity contribution in [3.05, 3.63) is 12.2 Å². The van der Waals surface area contributed by atoms with Gasteiger partial charge in [-0.1, -0.05) is 6.92 Å². The summed E-state index contributed by atoms with van der Waals surface area (Å²) in [4.78, 5) is 6.82. The van der Waals surface area contributed by atoms with Gasteiger partial charge in [-0.25, -0.2) is 0 Å². The van der Waals surface area contributed by atoms with E-state index < -0.39 is 0 Å². The molecular weight excluding hydrogens is 292 g/mol. The molecule has 0 atom stereocenters. The molecule has 2 rings (SSSR count). The number of aryl methyl sites for hydroxylation is 1. The van der Waals surface area contributed by atoms with Gasteiger partial charge < -0.3 is 19.5 Å². The Balaban J connectivity index is 1.75. The largest absolute Gasteiger partial charge is 0.379 e. The molecule has 0 aromatic carbocycles. The smallest absolute Gasteiger partial charge is 0.193 e. The summed E-state index contributed by atoms with van der Waals surface area (Å²) < 4.78 is 7.77. The number of hydrogen-bond acceptors (Lipinski definition) is 4. The van der Waals surface area contributed by atoms with Crippen LogP contribution in [0.3, 0.4) is 0 Å². The fourth-order valence-electron chi connectivity index (χ4n) is 2.31. The molecule has 0 aliphatic heterocycles. The van der Waals surface area contributed by atoms with Crippen LogP contribution < -0.4 is 5.32 Å². The van der Waals surface area contributed by atoms with Gasteiger partial charge in [0.1, 0.15) is 12.2 Å². The van der Waals surface area contributed by atoms with E-state index in [0.29, 0.717) is 6.54 Å². The van der Waals surface area contributed by atoms with Gasteiger partial charge in [-0.15, -0.1) is 10.2 Å². The lowest BCUT2D eigenvalue weighted by Crippen LogP contribution is -2.40. The predicted octanol–water partition coefficient (Wildman–Crippen LogP) is 1.16. The van der Waals surface area contributed by atoms with Crippen LogP contribution >= 0.6 is 0 Å². The van der Waals surface area contributed by atoms with Crippen LogP contribution in [0.4, 0.5) is 0 Å². The molecular formula is C16H30N6O. The van der Waals surface area contributed by atoms with Crippen molar-refractivity contribution >= 4 is 5.96 Å². The molecule has 1 aromatic rings. The number of likely N-dealkylation sites (N-methyl/N-ethyl adjacent to an activating group) is 1. The van der Waals surface area contributed by atoms with E-state index in [1.807, 2.05) is 0 Å². The monoisotopic (exact) mass is 322 g/mol. The number of ether oxygens (including phenoxy) is 1. The van der Waals surface area contributed by atoms with Gasteiger partial charge >= 0.3 is 0 Å². The molecule has 0 bridgehead atoms. The molecule has 1 heterocycles. The summed E-state index contributed by atoms with van der Waals surface area (Å²) in [6, 6.07) is 0. The van der Waals surface area contributed by atoms with Gasteiger partial charge in [0.05, 0.1) is 13.2 Å². The van der Waals surface area contributed by atoms with Crippen LogP contribution in [0.15, 0.2) is 11.3 Å². The number of rotatable bonds is 10. The fraction of sp³-hybridized carbons (Fsp3) is 0.812. The molecule has 1 fully saturated rings. The summed E-state index contributed by atoms with van der Waals surface area (Å²) in [5, 5.41) is 11.4. The number of nitrogens with one attached hydrogen (secondary N) is 1. The minimum Gasteiger partial charge on any atom is -0.379 e. The molecule has 130 valence electrons. The Morgan fingerprint density at radius 3 is 3.00 bits per heavy atom. The molecule has 0 unspecified atom stereocenters. The Bertz CT molecular complexity index is 483. The van der Waals surface area contributed by atoms with Gasteiger partial charge in [0.2, 0.25) is 0 Å². The first-order valence-corrected chi connectivity index (χ1v) is 8.68. The zero-order valence-electron chi connectivity index (χ0n) is 14.7. The standard InChI is InChI=1S/C16H30N6O/c1-4-15-20-19-13-22(15)9-8-18-16(17-5-2)21(3)10-11-23-12-14-6-7-14/h13-14H,4-12H2,1-3H3,(H,17,18). The minimum atomic E-state index is 0.709. The second-order valence-electron chi connectivity index (χ2n) is 5.97. The number of nitrogens with zero attached hydrogens (tertiary/aromatic N) is 5. The number of aliphatic imine (C=N–C) groups is 1. The summed E-state index contributed by atoms with van der Waals surface area (Å²) in [5.74, 6) is 2.75. The molecule has 0 radical (unpaired) electrons. The van der Waals surface area contributed by atoms with E-state index in [1.165, 1.54) is 12.8 Å². The number of guanidine groups is 1. The van der Waals surface area contributed by atoms with Crippen LogP contribution in [-0.2, 0) is 17.7 Å². The molecule has 1 saturated carbocycles. The highest BCUT2D eigenvalue weighted by Crippen LogP contribution is 2.28. The minimum absolute atomic E-state index is 0.709. The van der Waals surface area contributed by atoms with Crippen molar-refractivity contribution in [2.75, 3.05) is 39.9 Å². The van der Waals surface area contributed by atoms with Crippen molar-refractivity contribution in [1.29, 1.82) is 0 Å². The summed E-state index contributed by atoms with van der Waals surface area (Å²) >= 11 is 0. The summed E-state index contributed by atoms with van der Waals surface area (Å²) in [5.41, 5.74) is 0. The van der Waals surface area contributed by atoms with Crippen molar-refractivity contribution < 1.29 is 4.74 Å². The lowest BCUT2D eigenvalue weighted by atomic mass is 10.4. The molecule has 0 saturated heterocycles. The van der Waals surface area contributed by atoms with Crippen LogP contribution in [0.2, 0.25) is 0 Å². The Kier molecular flexibility index (Phi) is 7.32. The van der Waals surface area contributed by atoms with Gasteiger partial charge in [0, 0.05) is 39.7 Å². The first-order valence-electron chi connectivity index (χ1n) is 8.68. The molecule has 0 spiro atoms. The molecule has 1 aliphatic carbocycles. The van der Waals surface area contributed by atoms with E-state index in [1.54, 1.807) is 6.33 Å². The van der Waals surface area contributed by atoms with Gasteiger partial charge in [0.25, 0.3) is 0 Å². The average Bonchev–Trinajstić information content (AvgIpc) is 3.27. The van der Waals surface area contributed by atoms with E-state index >= 15 is 0 Å². The van der Waals surface area contributed by atoms with Crippen molar-refractivity contribution in [3.63, 3.8) is 0 Å². The Hall–Kier alpha value is -1.63. The van der Waals surface area contributed by atoms with E-state index in [0.717, 1.165) is 57.0 Å². The first-order chi connectivity index (χ1) is 11.2. The summed E-state index contributed by atoms with van der Waals surface area (Å²) in [6.45, 7) is 9.06. The SMILES string of the molecule is CCNC(=NCCn1cnnc1CC)N(C)CCOCC1CC1. The van der Waals surface area contributed by atoms with Crippen molar-refractivity contribution in [3.8, 4) is 0 Å². The highest BCUT2D eigenvalue weighted by atomic mass is 16.5. The maximum absolute atomic E-state index is 5.71. The number of hydrogen-bond donors (Lipinski definition) is 1. The quantitative estimate of drug-likeness (QED) is 0.398. The van der Waals surface area contributed by atoms with Crippen LogP contribution in [0.5, 0.6) is 0 Å². The van der Waals surface area contributed by atoms with Gasteiger partial charge in [-0.2, -0.15) is 0 Å². The first kappa shape index (κ1) is 17.7.